The van der Waals surface area contributed by atoms with Crippen LogP contribution in [0.2, 0.25) is 0 Å². The second-order valence-corrected chi connectivity index (χ2v) is 5.39. The molecule has 0 aromatic carbocycles. The molecule has 0 spiro atoms. The third kappa shape index (κ3) is 2.18. The second-order valence-electron chi connectivity index (χ2n) is 5.39. The van der Waals surface area contributed by atoms with Crippen molar-refractivity contribution in [3.05, 3.63) is 22.9 Å². The molecule has 108 valence electrons. The first-order valence-electron chi connectivity index (χ1n) is 7.12. The van der Waals surface area contributed by atoms with E-state index in [1.165, 1.54) is 17.1 Å². The minimum atomic E-state index is -0.265. The van der Waals surface area contributed by atoms with Crippen LogP contribution in [-0.2, 0) is 0 Å². The molecular formula is C13H20N6O. The number of nitrogens with two attached hydrogens (primary N) is 1. The Balaban J connectivity index is 1.91. The Kier molecular flexibility index (Phi) is 3.43. The van der Waals surface area contributed by atoms with Crippen molar-refractivity contribution in [1.29, 1.82) is 0 Å². The minimum Gasteiger partial charge on any atom is -0.352 e. The summed E-state index contributed by atoms with van der Waals surface area (Å²) in [5, 5.41) is 6.41. The van der Waals surface area contributed by atoms with Crippen molar-refractivity contribution < 1.29 is 0 Å². The third-order valence-corrected chi connectivity index (χ3v) is 4.26. The van der Waals surface area contributed by atoms with E-state index in [9.17, 15) is 4.79 Å². The number of nitrogens with zero attached hydrogens (tertiary/aromatic N) is 4. The number of H-pyrrole nitrogens is 1. The first-order chi connectivity index (χ1) is 9.72. The Morgan fingerprint density at radius 1 is 1.55 bits per heavy atom. The molecule has 2 unspecified atom stereocenters. The van der Waals surface area contributed by atoms with Crippen molar-refractivity contribution in [2.24, 2.45) is 11.7 Å². The molecule has 0 amide bonds. The highest BCUT2D eigenvalue weighted by Crippen LogP contribution is 2.28. The molecule has 1 aliphatic rings. The molecule has 3 N–H and O–H groups in total. The number of hydrogen-bond acceptors (Lipinski definition) is 5. The van der Waals surface area contributed by atoms with Gasteiger partial charge >= 0.3 is 5.69 Å². The highest BCUT2D eigenvalue weighted by molar-refractivity contribution is 5.51. The Morgan fingerprint density at radius 2 is 2.40 bits per heavy atom. The van der Waals surface area contributed by atoms with Crippen molar-refractivity contribution in [2.75, 3.05) is 18.0 Å². The highest BCUT2D eigenvalue weighted by Gasteiger charge is 2.27. The number of anilines is 1. The zero-order valence-electron chi connectivity index (χ0n) is 11.6. The van der Waals surface area contributed by atoms with Crippen molar-refractivity contribution in [3.63, 3.8) is 0 Å². The number of aromatic nitrogens is 4. The predicted molar refractivity (Wildman–Crippen MR) is 76.8 cm³/mol. The molecule has 2 atom stereocenters. The van der Waals surface area contributed by atoms with Gasteiger partial charge in [-0.2, -0.15) is 5.10 Å². The van der Waals surface area contributed by atoms with Gasteiger partial charge < -0.3 is 10.6 Å². The maximum Gasteiger partial charge on any atom is 0.348 e. The van der Waals surface area contributed by atoms with Crippen molar-refractivity contribution in [1.82, 2.24) is 19.6 Å². The molecule has 0 bridgehead atoms. The lowest BCUT2D eigenvalue weighted by Gasteiger charge is -2.39. The summed E-state index contributed by atoms with van der Waals surface area (Å²) < 4.78 is 1.40. The molecule has 0 aliphatic carbocycles. The SMILES string of the molecule is CCC1CCN(c2cc3n[nH]c(=O)n3cn2)C(CN)C1. The van der Waals surface area contributed by atoms with Crippen molar-refractivity contribution >= 4 is 11.5 Å². The fourth-order valence-electron chi connectivity index (χ4n) is 2.99. The van der Waals surface area contributed by atoms with Crippen molar-refractivity contribution in [3.8, 4) is 0 Å². The van der Waals surface area contributed by atoms with Gasteiger partial charge in [-0.15, -0.1) is 0 Å². The zero-order chi connectivity index (χ0) is 14.1. The second kappa shape index (κ2) is 5.24. The monoisotopic (exact) mass is 276 g/mol. The number of hydrogen-bond donors (Lipinski definition) is 2. The maximum atomic E-state index is 11.4. The first kappa shape index (κ1) is 13.1. The Hall–Kier alpha value is -1.89. The summed E-state index contributed by atoms with van der Waals surface area (Å²) in [6.07, 6.45) is 4.99. The minimum absolute atomic E-state index is 0.265. The molecule has 1 saturated heterocycles. The highest BCUT2D eigenvalue weighted by atomic mass is 16.1. The zero-order valence-corrected chi connectivity index (χ0v) is 11.6. The van der Waals surface area contributed by atoms with Crippen LogP contribution in [0.5, 0.6) is 0 Å². The van der Waals surface area contributed by atoms with Crippen LogP contribution in [0.15, 0.2) is 17.2 Å². The largest absolute Gasteiger partial charge is 0.352 e. The molecule has 0 saturated carbocycles. The molecule has 3 rings (SSSR count). The van der Waals surface area contributed by atoms with Crippen LogP contribution < -0.4 is 16.3 Å². The quantitative estimate of drug-likeness (QED) is 0.845. The fourth-order valence-corrected chi connectivity index (χ4v) is 2.99. The molecule has 7 nitrogen and oxygen atoms in total. The molecule has 7 heteroatoms. The van der Waals surface area contributed by atoms with E-state index in [0.717, 1.165) is 31.1 Å². The lowest BCUT2D eigenvalue weighted by molar-refractivity contribution is 0.334. The maximum absolute atomic E-state index is 11.4. The van der Waals surface area contributed by atoms with Gasteiger partial charge in [0.1, 0.15) is 12.1 Å². The van der Waals surface area contributed by atoms with Crippen LogP contribution in [0.25, 0.3) is 5.65 Å². The van der Waals surface area contributed by atoms with E-state index in [1.54, 1.807) is 0 Å². The predicted octanol–water partition coefficient (Wildman–Crippen LogP) is 0.371. The average molecular weight is 276 g/mol. The van der Waals surface area contributed by atoms with E-state index in [0.29, 0.717) is 18.2 Å². The van der Waals surface area contributed by atoms with Crippen molar-refractivity contribution in [2.45, 2.75) is 32.2 Å². The molecule has 3 heterocycles. The van der Waals surface area contributed by atoms with Crippen LogP contribution >= 0.6 is 0 Å². The summed E-state index contributed by atoms with van der Waals surface area (Å²) in [6.45, 7) is 3.81. The summed E-state index contributed by atoms with van der Waals surface area (Å²) in [4.78, 5) is 18.1. The topological polar surface area (TPSA) is 92.3 Å². The number of aromatic amines is 1. The number of fused-ring (bicyclic) bond motifs is 1. The van der Waals surface area contributed by atoms with Crippen LogP contribution in [-0.4, -0.2) is 38.7 Å². The first-order valence-corrected chi connectivity index (χ1v) is 7.12. The van der Waals surface area contributed by atoms with Gasteiger partial charge in [0.2, 0.25) is 0 Å². The summed E-state index contributed by atoms with van der Waals surface area (Å²) in [7, 11) is 0. The molecule has 0 radical (unpaired) electrons. The normalized spacial score (nSPS) is 23.4. The summed E-state index contributed by atoms with van der Waals surface area (Å²) in [5.41, 5.74) is 6.24. The lowest BCUT2D eigenvalue weighted by Crippen LogP contribution is -2.47. The van der Waals surface area contributed by atoms with Gasteiger partial charge in [0.25, 0.3) is 0 Å². The molecule has 2 aromatic rings. The lowest BCUT2D eigenvalue weighted by atomic mass is 9.89. The average Bonchev–Trinajstić information content (AvgIpc) is 2.87. The van der Waals surface area contributed by atoms with E-state index in [2.05, 4.69) is 27.0 Å². The van der Waals surface area contributed by atoms with Crippen LogP contribution in [0, 0.1) is 5.92 Å². The van der Waals surface area contributed by atoms with E-state index in [-0.39, 0.29) is 5.69 Å². The van der Waals surface area contributed by atoms with Gasteiger partial charge in [-0.25, -0.2) is 19.3 Å². The Labute approximate surface area is 116 Å². The Morgan fingerprint density at radius 3 is 3.15 bits per heavy atom. The summed E-state index contributed by atoms with van der Waals surface area (Å²) in [5.74, 6) is 1.60. The van der Waals surface area contributed by atoms with E-state index < -0.39 is 0 Å². The van der Waals surface area contributed by atoms with E-state index >= 15 is 0 Å². The van der Waals surface area contributed by atoms with Gasteiger partial charge in [-0.3, -0.25) is 0 Å². The van der Waals surface area contributed by atoms with Gasteiger partial charge in [0.05, 0.1) is 0 Å². The molecule has 2 aromatic heterocycles. The molecule has 1 fully saturated rings. The summed E-state index contributed by atoms with van der Waals surface area (Å²) >= 11 is 0. The number of nitrogens with one attached hydrogen (secondary N) is 1. The fraction of sp³-hybridized carbons (Fsp3) is 0.615. The van der Waals surface area contributed by atoms with Crippen LogP contribution in [0.3, 0.4) is 0 Å². The molecular weight excluding hydrogens is 256 g/mol. The smallest absolute Gasteiger partial charge is 0.348 e. The van der Waals surface area contributed by atoms with Gasteiger partial charge in [-0.05, 0) is 18.8 Å². The summed E-state index contributed by atoms with van der Waals surface area (Å²) in [6, 6.07) is 2.15. The van der Waals surface area contributed by atoms with Gasteiger partial charge in [-0.1, -0.05) is 13.3 Å². The van der Waals surface area contributed by atoms with E-state index in [1.807, 2.05) is 6.07 Å². The molecule has 1 aliphatic heterocycles. The molecule has 20 heavy (non-hydrogen) atoms. The van der Waals surface area contributed by atoms with Crippen LogP contribution in [0.4, 0.5) is 5.82 Å². The standard InChI is InChI=1S/C13H20N6O/c1-2-9-3-4-18(10(5-9)7-14)11-6-12-16-17-13(20)19(12)8-15-11/h6,8-10H,2-5,7,14H2,1H3,(H,17,20). The third-order valence-electron chi connectivity index (χ3n) is 4.26. The number of piperidine rings is 1. The van der Waals surface area contributed by atoms with Crippen LogP contribution in [0.1, 0.15) is 26.2 Å². The Bertz CT molecular complexity index is 648. The van der Waals surface area contributed by atoms with Gasteiger partial charge in [0.15, 0.2) is 5.65 Å². The number of rotatable bonds is 3. The van der Waals surface area contributed by atoms with E-state index in [4.69, 9.17) is 5.73 Å². The van der Waals surface area contributed by atoms with Gasteiger partial charge in [0, 0.05) is 25.2 Å².